The lowest BCUT2D eigenvalue weighted by Crippen LogP contribution is -2.50. The van der Waals surface area contributed by atoms with Crippen LogP contribution >= 0.6 is 11.6 Å². The number of nitrogens with zero attached hydrogens (tertiary/aromatic N) is 2. The normalized spacial score (nSPS) is 17.1. The second-order valence-corrected chi connectivity index (χ2v) is 12.5. The number of amides is 1. The van der Waals surface area contributed by atoms with Gasteiger partial charge in [-0.2, -0.15) is 0 Å². The minimum atomic E-state index is -0.457. The van der Waals surface area contributed by atoms with E-state index in [4.69, 9.17) is 16.3 Å². The maximum absolute atomic E-state index is 13.7. The molecule has 2 aliphatic heterocycles. The lowest BCUT2D eigenvalue weighted by Gasteiger charge is -2.45. The number of carbonyl (C=O) groups is 1. The van der Waals surface area contributed by atoms with Crippen molar-refractivity contribution in [3.8, 4) is 11.4 Å². The van der Waals surface area contributed by atoms with Gasteiger partial charge in [0.2, 0.25) is 0 Å². The largest absolute Gasteiger partial charge is 0.479 e. The summed E-state index contributed by atoms with van der Waals surface area (Å²) in [6, 6.07) is 16.4. The third-order valence-electron chi connectivity index (χ3n) is 7.47. The van der Waals surface area contributed by atoms with Crippen LogP contribution in [0.5, 0.6) is 5.75 Å². The Morgan fingerprint density at radius 3 is 2.14 bits per heavy atom. The van der Waals surface area contributed by atoms with Crippen LogP contribution in [0.15, 0.2) is 54.7 Å². The van der Waals surface area contributed by atoms with Crippen LogP contribution in [0.2, 0.25) is 5.02 Å². The van der Waals surface area contributed by atoms with E-state index in [2.05, 4.69) is 82.6 Å². The first kappa shape index (κ1) is 24.0. The molecule has 3 heterocycles. The lowest BCUT2D eigenvalue weighted by molar-refractivity contribution is -0.00930. The highest BCUT2D eigenvalue weighted by Crippen LogP contribution is 2.46. The van der Waals surface area contributed by atoms with E-state index in [0.29, 0.717) is 18.1 Å². The Kier molecular flexibility index (Phi) is 5.60. The molecule has 1 fully saturated rings. The van der Waals surface area contributed by atoms with E-state index in [-0.39, 0.29) is 16.7 Å². The van der Waals surface area contributed by atoms with Gasteiger partial charge < -0.3 is 14.2 Å². The quantitative estimate of drug-likeness (QED) is 0.360. The number of halogens is 1. The van der Waals surface area contributed by atoms with Crippen molar-refractivity contribution >= 4 is 17.5 Å². The minimum absolute atomic E-state index is 0.0295. The van der Waals surface area contributed by atoms with Gasteiger partial charge in [-0.3, -0.25) is 4.79 Å². The molecule has 2 aromatic carbocycles. The average Bonchev–Trinajstić information content (AvgIpc) is 3.29. The van der Waals surface area contributed by atoms with Crippen molar-refractivity contribution in [2.24, 2.45) is 0 Å². The van der Waals surface area contributed by atoms with E-state index in [1.807, 2.05) is 23.1 Å². The summed E-state index contributed by atoms with van der Waals surface area (Å²) in [7, 11) is 0. The van der Waals surface area contributed by atoms with Crippen molar-refractivity contribution < 1.29 is 9.53 Å². The first-order valence-corrected chi connectivity index (χ1v) is 12.9. The van der Waals surface area contributed by atoms with E-state index < -0.39 is 5.60 Å². The number of hydrogen-bond acceptors (Lipinski definition) is 2. The molecule has 0 unspecified atom stereocenters. The number of carbonyl (C=O) groups excluding carboxylic acids is 1. The van der Waals surface area contributed by atoms with Gasteiger partial charge in [0.05, 0.1) is 11.4 Å². The highest BCUT2D eigenvalue weighted by Gasteiger charge is 2.44. The van der Waals surface area contributed by atoms with Crippen LogP contribution in [-0.2, 0) is 16.4 Å². The van der Waals surface area contributed by atoms with Crippen LogP contribution in [-0.4, -0.2) is 28.5 Å². The van der Waals surface area contributed by atoms with Gasteiger partial charge >= 0.3 is 0 Å². The molecule has 5 heteroatoms. The van der Waals surface area contributed by atoms with Crippen molar-refractivity contribution in [2.45, 2.75) is 70.8 Å². The number of rotatable bonds is 1. The fourth-order valence-electron chi connectivity index (χ4n) is 5.22. The predicted octanol–water partition coefficient (Wildman–Crippen LogP) is 7.25. The lowest BCUT2D eigenvalue weighted by atomic mass is 9.79. The number of likely N-dealkylation sites (tertiary alicyclic amines) is 1. The van der Waals surface area contributed by atoms with Crippen molar-refractivity contribution in [1.29, 1.82) is 0 Å². The number of benzene rings is 2. The van der Waals surface area contributed by atoms with Gasteiger partial charge in [-0.15, -0.1) is 0 Å². The van der Waals surface area contributed by atoms with Crippen LogP contribution in [0.4, 0.5) is 0 Å². The maximum atomic E-state index is 13.7. The van der Waals surface area contributed by atoms with Gasteiger partial charge in [0, 0.05) is 48.8 Å². The molecular formula is C30H35ClN2O2. The number of fused-ring (bicyclic) bond motifs is 4. The number of ether oxygens (including phenoxy) is 1. The minimum Gasteiger partial charge on any atom is -0.479 e. The molecule has 3 aromatic rings. The van der Waals surface area contributed by atoms with Gasteiger partial charge in [-0.05, 0) is 58.4 Å². The van der Waals surface area contributed by atoms with Crippen LogP contribution < -0.4 is 4.74 Å². The SMILES string of the molecule is CC(C)(C)c1cc(C(=O)N2CCC3(CC2)Oc2cc(Cl)ccc2-n2cccc23)cc(C(C)(C)C)c1. The van der Waals surface area contributed by atoms with Crippen LogP contribution in [0.25, 0.3) is 5.69 Å². The summed E-state index contributed by atoms with van der Waals surface area (Å²) in [5.41, 5.74) is 4.81. The highest BCUT2D eigenvalue weighted by atomic mass is 35.5. The first-order valence-electron chi connectivity index (χ1n) is 12.5. The van der Waals surface area contributed by atoms with Gasteiger partial charge in [-0.1, -0.05) is 59.2 Å². The molecule has 0 aliphatic carbocycles. The molecule has 4 nitrogen and oxygen atoms in total. The fourth-order valence-corrected chi connectivity index (χ4v) is 5.38. The van der Waals surface area contributed by atoms with E-state index in [0.717, 1.165) is 35.5 Å². The molecule has 0 N–H and O–H groups in total. The Hall–Kier alpha value is -2.72. The zero-order valence-corrected chi connectivity index (χ0v) is 22.4. The standard InChI is InChI=1S/C30H35ClN2O2/c1-28(2,3)21-16-20(17-22(18-21)29(4,5)6)27(34)32-14-11-30(12-15-32)26-8-7-13-33(26)24-10-9-23(31)19-25(24)35-30/h7-10,13,16-19H,11-12,14-15H2,1-6H3. The molecule has 0 radical (unpaired) electrons. The molecule has 184 valence electrons. The number of hydrogen-bond donors (Lipinski definition) is 0. The van der Waals surface area contributed by atoms with Crippen molar-refractivity contribution in [2.75, 3.05) is 13.1 Å². The molecule has 1 saturated heterocycles. The van der Waals surface area contributed by atoms with E-state index >= 15 is 0 Å². The Bertz CT molecular complexity index is 1250. The summed E-state index contributed by atoms with van der Waals surface area (Å²) in [5, 5.41) is 0.663. The number of aromatic nitrogens is 1. The highest BCUT2D eigenvalue weighted by molar-refractivity contribution is 6.30. The number of piperidine rings is 1. The summed E-state index contributed by atoms with van der Waals surface area (Å²) in [4.78, 5) is 15.7. The van der Waals surface area contributed by atoms with Crippen LogP contribution in [0.3, 0.4) is 0 Å². The molecule has 1 aromatic heterocycles. The third kappa shape index (κ3) is 4.27. The van der Waals surface area contributed by atoms with E-state index in [9.17, 15) is 4.79 Å². The topological polar surface area (TPSA) is 34.5 Å². The smallest absolute Gasteiger partial charge is 0.253 e. The van der Waals surface area contributed by atoms with Gasteiger partial charge in [-0.25, -0.2) is 0 Å². The molecule has 2 aliphatic rings. The Morgan fingerprint density at radius 1 is 0.914 bits per heavy atom. The molecule has 1 amide bonds. The zero-order valence-electron chi connectivity index (χ0n) is 21.6. The molecule has 5 rings (SSSR count). The summed E-state index contributed by atoms with van der Waals surface area (Å²) in [5.74, 6) is 0.903. The van der Waals surface area contributed by atoms with Crippen molar-refractivity contribution in [1.82, 2.24) is 9.47 Å². The van der Waals surface area contributed by atoms with Crippen molar-refractivity contribution in [3.63, 3.8) is 0 Å². The van der Waals surface area contributed by atoms with Crippen LogP contribution in [0.1, 0.15) is 81.6 Å². The molecule has 0 saturated carbocycles. The summed E-state index contributed by atoms with van der Waals surface area (Å²) >= 11 is 6.28. The van der Waals surface area contributed by atoms with Gasteiger partial charge in [0.25, 0.3) is 5.91 Å². The molecular weight excluding hydrogens is 456 g/mol. The van der Waals surface area contributed by atoms with Crippen LogP contribution in [0, 0.1) is 0 Å². The molecule has 35 heavy (non-hydrogen) atoms. The van der Waals surface area contributed by atoms with Crippen molar-refractivity contribution in [3.05, 3.63) is 82.1 Å². The first-order chi connectivity index (χ1) is 16.4. The second-order valence-electron chi connectivity index (χ2n) is 12.1. The average molecular weight is 491 g/mol. The molecule has 0 bridgehead atoms. The third-order valence-corrected chi connectivity index (χ3v) is 7.71. The summed E-state index contributed by atoms with van der Waals surface area (Å²) in [6.07, 6.45) is 3.55. The maximum Gasteiger partial charge on any atom is 0.253 e. The fraction of sp³-hybridized carbons (Fsp3) is 0.433. The van der Waals surface area contributed by atoms with Gasteiger partial charge in [0.1, 0.15) is 5.75 Å². The Labute approximate surface area is 213 Å². The molecule has 0 atom stereocenters. The monoisotopic (exact) mass is 490 g/mol. The van der Waals surface area contributed by atoms with E-state index in [1.54, 1.807) is 0 Å². The Morgan fingerprint density at radius 2 is 1.54 bits per heavy atom. The predicted molar refractivity (Wildman–Crippen MR) is 142 cm³/mol. The second kappa shape index (κ2) is 8.16. The van der Waals surface area contributed by atoms with E-state index in [1.165, 1.54) is 11.1 Å². The summed E-state index contributed by atoms with van der Waals surface area (Å²) < 4.78 is 8.85. The summed E-state index contributed by atoms with van der Waals surface area (Å²) in [6.45, 7) is 14.5. The van der Waals surface area contributed by atoms with Gasteiger partial charge in [0.15, 0.2) is 5.60 Å². The zero-order chi connectivity index (χ0) is 25.2. The molecule has 1 spiro atoms. The Balaban J connectivity index is 1.42.